The van der Waals surface area contributed by atoms with E-state index in [0.29, 0.717) is 30.1 Å². The van der Waals surface area contributed by atoms with E-state index in [4.69, 9.17) is 27.9 Å². The monoisotopic (exact) mass is 277 g/mol. The zero-order chi connectivity index (χ0) is 12.9. The molecular formula is C11H17Cl2N3O. The Labute approximate surface area is 112 Å². The Morgan fingerprint density at radius 1 is 1.35 bits per heavy atom. The lowest BCUT2D eigenvalue weighted by atomic mass is 10.1. The molecular weight excluding hydrogens is 261 g/mol. The first-order valence-corrected chi connectivity index (χ1v) is 6.47. The van der Waals surface area contributed by atoms with E-state index >= 15 is 0 Å². The van der Waals surface area contributed by atoms with E-state index in [2.05, 4.69) is 15.3 Å². The molecule has 0 radical (unpaired) electrons. The van der Waals surface area contributed by atoms with Crippen LogP contribution in [0.2, 0.25) is 0 Å². The maximum absolute atomic E-state index is 5.89. The Kier molecular flexibility index (Phi) is 5.28. The van der Waals surface area contributed by atoms with Crippen LogP contribution in [0.3, 0.4) is 0 Å². The standard InChI is InChI=1S/C11H17Cl2N3O/c1-4-17-10-8(2)9(14-7-15-10)16-11(3,5-12)6-13/h7H,4-6H2,1-3H3,(H,14,15,16). The van der Waals surface area contributed by atoms with Gasteiger partial charge >= 0.3 is 0 Å². The summed E-state index contributed by atoms with van der Waals surface area (Å²) >= 11 is 11.8. The van der Waals surface area contributed by atoms with E-state index in [1.165, 1.54) is 6.33 Å². The molecule has 0 aliphatic heterocycles. The number of halogens is 2. The molecule has 1 aromatic heterocycles. The van der Waals surface area contributed by atoms with Gasteiger partial charge < -0.3 is 10.1 Å². The number of ether oxygens (including phenoxy) is 1. The Bertz CT molecular complexity index is 370. The molecule has 0 saturated heterocycles. The minimum Gasteiger partial charge on any atom is -0.478 e. The quantitative estimate of drug-likeness (QED) is 0.813. The maximum atomic E-state index is 5.89. The molecule has 0 fully saturated rings. The van der Waals surface area contributed by atoms with Crippen molar-refractivity contribution in [3.05, 3.63) is 11.9 Å². The van der Waals surface area contributed by atoms with Gasteiger partial charge in [-0.15, -0.1) is 23.2 Å². The van der Waals surface area contributed by atoms with Crippen LogP contribution in [-0.2, 0) is 0 Å². The minimum atomic E-state index is -0.397. The molecule has 0 aromatic carbocycles. The summed E-state index contributed by atoms with van der Waals surface area (Å²) < 4.78 is 5.40. The molecule has 0 aliphatic rings. The number of rotatable bonds is 6. The number of anilines is 1. The number of aromatic nitrogens is 2. The smallest absolute Gasteiger partial charge is 0.221 e. The highest BCUT2D eigenvalue weighted by atomic mass is 35.5. The summed E-state index contributed by atoms with van der Waals surface area (Å²) in [7, 11) is 0. The van der Waals surface area contributed by atoms with Gasteiger partial charge in [-0.25, -0.2) is 9.97 Å². The summed E-state index contributed by atoms with van der Waals surface area (Å²) in [5, 5.41) is 3.23. The highest BCUT2D eigenvalue weighted by Gasteiger charge is 2.23. The van der Waals surface area contributed by atoms with Crippen LogP contribution in [0.1, 0.15) is 19.4 Å². The second kappa shape index (κ2) is 6.26. The Morgan fingerprint density at radius 2 is 2.00 bits per heavy atom. The molecule has 0 amide bonds. The summed E-state index contributed by atoms with van der Waals surface area (Å²) in [6.45, 7) is 6.32. The summed E-state index contributed by atoms with van der Waals surface area (Å²) in [5.41, 5.74) is 0.460. The van der Waals surface area contributed by atoms with Gasteiger partial charge in [0.15, 0.2) is 0 Å². The number of nitrogens with one attached hydrogen (secondary N) is 1. The third kappa shape index (κ3) is 3.61. The SMILES string of the molecule is CCOc1ncnc(NC(C)(CCl)CCl)c1C. The predicted octanol–water partition coefficient (Wildman–Crippen LogP) is 2.83. The van der Waals surface area contributed by atoms with Crippen LogP contribution in [0.15, 0.2) is 6.33 Å². The second-order valence-electron chi connectivity index (χ2n) is 4.04. The first-order chi connectivity index (χ1) is 8.06. The van der Waals surface area contributed by atoms with Crippen molar-refractivity contribution < 1.29 is 4.74 Å². The predicted molar refractivity (Wildman–Crippen MR) is 71.4 cm³/mol. The van der Waals surface area contributed by atoms with Crippen molar-refractivity contribution in [2.45, 2.75) is 26.3 Å². The third-order valence-corrected chi connectivity index (χ3v) is 3.51. The van der Waals surface area contributed by atoms with Crippen LogP contribution >= 0.6 is 23.2 Å². The van der Waals surface area contributed by atoms with E-state index in [-0.39, 0.29) is 0 Å². The minimum absolute atomic E-state index is 0.393. The number of hydrogen-bond acceptors (Lipinski definition) is 4. The van der Waals surface area contributed by atoms with E-state index in [1.807, 2.05) is 20.8 Å². The molecule has 0 saturated carbocycles. The average Bonchev–Trinajstić information content (AvgIpc) is 2.34. The topological polar surface area (TPSA) is 47.0 Å². The molecule has 0 unspecified atom stereocenters. The van der Waals surface area contributed by atoms with Gasteiger partial charge in [0.1, 0.15) is 12.1 Å². The van der Waals surface area contributed by atoms with E-state index in [0.717, 1.165) is 5.56 Å². The first kappa shape index (κ1) is 14.3. The molecule has 1 N–H and O–H groups in total. The zero-order valence-electron chi connectivity index (χ0n) is 10.3. The molecule has 1 rings (SSSR count). The fourth-order valence-corrected chi connectivity index (χ4v) is 1.65. The highest BCUT2D eigenvalue weighted by Crippen LogP contribution is 2.24. The van der Waals surface area contributed by atoms with Gasteiger partial charge in [-0.3, -0.25) is 0 Å². The summed E-state index contributed by atoms with van der Waals surface area (Å²) in [5.74, 6) is 2.07. The number of hydrogen-bond donors (Lipinski definition) is 1. The fourth-order valence-electron chi connectivity index (χ4n) is 1.23. The van der Waals surface area contributed by atoms with Gasteiger partial charge in [0.05, 0.1) is 17.7 Å². The van der Waals surface area contributed by atoms with Crippen molar-refractivity contribution in [2.24, 2.45) is 0 Å². The van der Waals surface area contributed by atoms with Crippen LogP contribution in [0.5, 0.6) is 5.88 Å². The van der Waals surface area contributed by atoms with E-state index < -0.39 is 5.54 Å². The lowest BCUT2D eigenvalue weighted by Gasteiger charge is -2.27. The maximum Gasteiger partial charge on any atom is 0.221 e. The summed E-state index contributed by atoms with van der Waals surface area (Å²) in [6.07, 6.45) is 1.46. The Morgan fingerprint density at radius 3 is 2.53 bits per heavy atom. The van der Waals surface area contributed by atoms with Crippen LogP contribution in [0.25, 0.3) is 0 Å². The molecule has 1 aromatic rings. The lowest BCUT2D eigenvalue weighted by Crippen LogP contribution is -2.39. The zero-order valence-corrected chi connectivity index (χ0v) is 11.8. The van der Waals surface area contributed by atoms with Crippen molar-refractivity contribution in [1.82, 2.24) is 9.97 Å². The van der Waals surface area contributed by atoms with Crippen molar-refractivity contribution in [1.29, 1.82) is 0 Å². The molecule has 17 heavy (non-hydrogen) atoms. The van der Waals surface area contributed by atoms with Gasteiger partial charge in [-0.05, 0) is 20.8 Å². The Balaban J connectivity index is 2.95. The first-order valence-electron chi connectivity index (χ1n) is 5.41. The largest absolute Gasteiger partial charge is 0.478 e. The normalized spacial score (nSPS) is 11.4. The van der Waals surface area contributed by atoms with E-state index in [9.17, 15) is 0 Å². The lowest BCUT2D eigenvalue weighted by molar-refractivity contribution is 0.323. The van der Waals surface area contributed by atoms with Crippen molar-refractivity contribution in [2.75, 3.05) is 23.7 Å². The van der Waals surface area contributed by atoms with Gasteiger partial charge in [-0.2, -0.15) is 0 Å². The molecule has 1 heterocycles. The fraction of sp³-hybridized carbons (Fsp3) is 0.636. The molecule has 0 spiro atoms. The van der Waals surface area contributed by atoms with Gasteiger partial charge in [0, 0.05) is 11.8 Å². The van der Waals surface area contributed by atoms with Crippen LogP contribution in [-0.4, -0.2) is 33.9 Å². The molecule has 6 heteroatoms. The van der Waals surface area contributed by atoms with Crippen molar-refractivity contribution in [3.8, 4) is 5.88 Å². The molecule has 96 valence electrons. The molecule has 0 atom stereocenters. The van der Waals surface area contributed by atoms with Gasteiger partial charge in [-0.1, -0.05) is 0 Å². The van der Waals surface area contributed by atoms with Gasteiger partial charge in [0.25, 0.3) is 0 Å². The number of nitrogens with zero attached hydrogens (tertiary/aromatic N) is 2. The van der Waals surface area contributed by atoms with Crippen LogP contribution in [0.4, 0.5) is 5.82 Å². The Hall–Kier alpha value is -0.740. The second-order valence-corrected chi connectivity index (χ2v) is 4.57. The molecule has 0 aliphatic carbocycles. The van der Waals surface area contributed by atoms with E-state index in [1.54, 1.807) is 0 Å². The third-order valence-electron chi connectivity index (χ3n) is 2.33. The highest BCUT2D eigenvalue weighted by molar-refractivity contribution is 6.22. The summed E-state index contributed by atoms with van der Waals surface area (Å²) in [4.78, 5) is 8.25. The molecule has 4 nitrogen and oxygen atoms in total. The van der Waals surface area contributed by atoms with Gasteiger partial charge in [0.2, 0.25) is 5.88 Å². The summed E-state index contributed by atoms with van der Waals surface area (Å²) in [6, 6.07) is 0. The van der Waals surface area contributed by atoms with Crippen molar-refractivity contribution in [3.63, 3.8) is 0 Å². The van der Waals surface area contributed by atoms with Crippen molar-refractivity contribution >= 4 is 29.0 Å². The molecule has 0 bridgehead atoms. The van der Waals surface area contributed by atoms with Crippen LogP contribution in [0, 0.1) is 6.92 Å². The average molecular weight is 278 g/mol. The van der Waals surface area contributed by atoms with Crippen LogP contribution < -0.4 is 10.1 Å². The number of alkyl halides is 2.